The number of aromatic nitrogens is 1. The second kappa shape index (κ2) is 8.09. The third kappa shape index (κ3) is 4.46. The Morgan fingerprint density at radius 3 is 2.92 bits per heavy atom. The summed E-state index contributed by atoms with van der Waals surface area (Å²) in [7, 11) is 1.91. The number of nitrogens with zero attached hydrogens (tertiary/aromatic N) is 2. The first-order valence-corrected chi connectivity index (χ1v) is 8.71. The van der Waals surface area contributed by atoms with Gasteiger partial charge in [-0.15, -0.1) is 11.3 Å². The molecule has 1 unspecified atom stereocenters. The Labute approximate surface area is 149 Å². The Morgan fingerprint density at radius 1 is 1.36 bits per heavy atom. The molecule has 8 nitrogen and oxygen atoms in total. The van der Waals surface area contributed by atoms with E-state index < -0.39 is 0 Å². The summed E-state index contributed by atoms with van der Waals surface area (Å²) in [4.78, 5) is 10.3. The Hall–Kier alpha value is -1.75. The van der Waals surface area contributed by atoms with Gasteiger partial charge in [-0.3, -0.25) is 15.3 Å². The van der Waals surface area contributed by atoms with Crippen molar-refractivity contribution in [1.82, 2.24) is 15.7 Å². The molecule has 0 aliphatic carbocycles. The van der Waals surface area contributed by atoms with Crippen molar-refractivity contribution in [3.05, 3.63) is 39.3 Å². The lowest BCUT2D eigenvalue weighted by molar-refractivity contribution is -0.492. The average Bonchev–Trinajstić information content (AvgIpc) is 3.18. The zero-order valence-corrected chi connectivity index (χ0v) is 14.9. The molecule has 1 atom stereocenters. The Balaban J connectivity index is 1.68. The van der Waals surface area contributed by atoms with Crippen molar-refractivity contribution < 1.29 is 24.7 Å². The maximum Gasteiger partial charge on any atom is 0.231 e. The van der Waals surface area contributed by atoms with Crippen LogP contribution >= 0.6 is 11.3 Å². The molecule has 0 amide bonds. The molecule has 1 aliphatic heterocycles. The number of hydrogen-bond acceptors (Lipinski definition) is 9. The summed E-state index contributed by atoms with van der Waals surface area (Å²) >= 11 is 1.60. The van der Waals surface area contributed by atoms with Gasteiger partial charge in [-0.1, -0.05) is 6.07 Å². The molecule has 2 aromatic rings. The molecule has 25 heavy (non-hydrogen) atoms. The van der Waals surface area contributed by atoms with Crippen LogP contribution in [0.3, 0.4) is 0 Å². The summed E-state index contributed by atoms with van der Waals surface area (Å²) < 4.78 is 10.8. The third-order valence-electron chi connectivity index (χ3n) is 3.97. The lowest BCUT2D eigenvalue weighted by Crippen LogP contribution is -2.18. The molecule has 0 saturated carbocycles. The van der Waals surface area contributed by atoms with E-state index in [1.165, 1.54) is 0 Å². The maximum atomic E-state index is 8.59. The van der Waals surface area contributed by atoms with Crippen LogP contribution in [0.5, 0.6) is 11.5 Å². The normalized spacial score (nSPS) is 14.3. The molecule has 0 saturated heterocycles. The van der Waals surface area contributed by atoms with Gasteiger partial charge in [0.2, 0.25) is 6.79 Å². The number of ether oxygens (including phenoxy) is 2. The maximum absolute atomic E-state index is 8.59. The van der Waals surface area contributed by atoms with Crippen LogP contribution in [0.2, 0.25) is 0 Å². The molecule has 2 heterocycles. The monoisotopic (exact) mass is 367 g/mol. The van der Waals surface area contributed by atoms with Gasteiger partial charge in [0.05, 0.1) is 23.7 Å². The number of thiazole rings is 1. The Bertz CT molecular complexity index is 722. The highest BCUT2D eigenvalue weighted by atomic mass is 32.1. The number of fused-ring (bicyclic) bond motifs is 1. The number of rotatable bonds is 8. The highest BCUT2D eigenvalue weighted by Gasteiger charge is 2.19. The van der Waals surface area contributed by atoms with Crippen molar-refractivity contribution in [2.45, 2.75) is 25.8 Å². The highest BCUT2D eigenvalue weighted by Crippen LogP contribution is 2.34. The van der Waals surface area contributed by atoms with Crippen molar-refractivity contribution in [2.75, 3.05) is 20.4 Å². The highest BCUT2D eigenvalue weighted by molar-refractivity contribution is 7.11. The van der Waals surface area contributed by atoms with E-state index in [9.17, 15) is 0 Å². The van der Waals surface area contributed by atoms with Gasteiger partial charge in [-0.05, 0) is 38.1 Å². The number of hydrogen-bond donors (Lipinski definition) is 3. The molecule has 1 aliphatic rings. The number of likely N-dealkylation sites (N-methyl/N-ethyl adjacent to an activating group) is 1. The van der Waals surface area contributed by atoms with Crippen LogP contribution in [-0.4, -0.2) is 41.2 Å². The minimum Gasteiger partial charge on any atom is -0.454 e. The van der Waals surface area contributed by atoms with Gasteiger partial charge < -0.3 is 14.8 Å². The minimum atomic E-state index is -0.271. The lowest BCUT2D eigenvalue weighted by Gasteiger charge is -2.13. The standard InChI is InChI=1S/C16H21N3O5S/c1-10-15(5-6-24-19(20)21)25-16(18-10)12(17-2)7-11-3-4-13-14(8-11)23-9-22-13/h3-4,8,12,17,20-21H,5-7,9H2,1-2H3. The molecule has 1 aromatic heterocycles. The molecule has 136 valence electrons. The first-order chi connectivity index (χ1) is 12.1. The van der Waals surface area contributed by atoms with E-state index in [-0.39, 0.29) is 24.8 Å². The lowest BCUT2D eigenvalue weighted by atomic mass is 10.1. The van der Waals surface area contributed by atoms with E-state index in [1.807, 2.05) is 32.2 Å². The average molecular weight is 367 g/mol. The smallest absolute Gasteiger partial charge is 0.231 e. The first kappa shape index (κ1) is 18.1. The molecule has 0 bridgehead atoms. The quantitative estimate of drug-likeness (QED) is 0.611. The Kier molecular flexibility index (Phi) is 5.84. The molecule has 0 fully saturated rings. The minimum absolute atomic E-state index is 0.0749. The van der Waals surface area contributed by atoms with Crippen molar-refractivity contribution >= 4 is 11.3 Å². The van der Waals surface area contributed by atoms with E-state index in [0.717, 1.165) is 39.1 Å². The summed E-state index contributed by atoms with van der Waals surface area (Å²) in [5.41, 5.74) is 2.06. The summed E-state index contributed by atoms with van der Waals surface area (Å²) in [6.07, 6.45) is 1.33. The summed E-state index contributed by atoms with van der Waals surface area (Å²) in [6.45, 7) is 2.38. The number of benzene rings is 1. The van der Waals surface area contributed by atoms with Gasteiger partial charge in [0.15, 0.2) is 11.5 Å². The second-order valence-corrected chi connectivity index (χ2v) is 6.74. The van der Waals surface area contributed by atoms with Gasteiger partial charge in [0.25, 0.3) is 0 Å². The van der Waals surface area contributed by atoms with Crippen LogP contribution in [0, 0.1) is 6.92 Å². The molecule has 0 radical (unpaired) electrons. The van der Waals surface area contributed by atoms with Crippen LogP contribution in [0.15, 0.2) is 18.2 Å². The third-order valence-corrected chi connectivity index (χ3v) is 5.30. The fraction of sp³-hybridized carbons (Fsp3) is 0.438. The predicted molar refractivity (Wildman–Crippen MR) is 90.0 cm³/mol. The molecule has 1 aromatic carbocycles. The van der Waals surface area contributed by atoms with Gasteiger partial charge >= 0.3 is 0 Å². The zero-order valence-electron chi connectivity index (χ0n) is 14.1. The van der Waals surface area contributed by atoms with Crippen LogP contribution in [0.4, 0.5) is 0 Å². The largest absolute Gasteiger partial charge is 0.454 e. The summed E-state index contributed by atoms with van der Waals surface area (Å²) in [5, 5.41) is 21.2. The second-order valence-electron chi connectivity index (χ2n) is 5.63. The van der Waals surface area contributed by atoms with E-state index in [4.69, 9.17) is 19.9 Å². The van der Waals surface area contributed by atoms with E-state index in [1.54, 1.807) is 11.3 Å². The van der Waals surface area contributed by atoms with Crippen LogP contribution in [-0.2, 0) is 17.7 Å². The van der Waals surface area contributed by atoms with E-state index >= 15 is 0 Å². The summed E-state index contributed by atoms with van der Waals surface area (Å²) in [5.74, 6) is 1.55. The van der Waals surface area contributed by atoms with Crippen LogP contribution in [0.1, 0.15) is 27.2 Å². The van der Waals surface area contributed by atoms with Crippen molar-refractivity contribution in [3.63, 3.8) is 0 Å². The topological polar surface area (TPSA) is 96.3 Å². The number of nitrogens with one attached hydrogen (secondary N) is 1. The van der Waals surface area contributed by atoms with Crippen LogP contribution in [0.25, 0.3) is 0 Å². The van der Waals surface area contributed by atoms with Crippen molar-refractivity contribution in [1.29, 1.82) is 0 Å². The van der Waals surface area contributed by atoms with Gasteiger partial charge in [0, 0.05) is 11.3 Å². The Morgan fingerprint density at radius 2 is 2.16 bits per heavy atom. The molecule has 3 rings (SSSR count). The van der Waals surface area contributed by atoms with Crippen LogP contribution < -0.4 is 14.8 Å². The summed E-state index contributed by atoms with van der Waals surface area (Å²) in [6, 6.07) is 6.03. The van der Waals surface area contributed by atoms with Gasteiger partial charge in [-0.2, -0.15) is 0 Å². The molecular weight excluding hydrogens is 346 g/mol. The molecule has 0 spiro atoms. The number of aryl methyl sites for hydroxylation is 1. The molecule has 9 heteroatoms. The fourth-order valence-corrected chi connectivity index (χ4v) is 3.83. The van der Waals surface area contributed by atoms with Crippen molar-refractivity contribution in [2.24, 2.45) is 0 Å². The SMILES string of the molecule is CNC(Cc1ccc2c(c1)OCO2)c1nc(C)c(CCON(O)O)s1. The fourth-order valence-electron chi connectivity index (χ4n) is 2.67. The van der Waals surface area contributed by atoms with Crippen molar-refractivity contribution in [3.8, 4) is 11.5 Å². The zero-order chi connectivity index (χ0) is 17.8. The van der Waals surface area contributed by atoms with E-state index in [2.05, 4.69) is 15.1 Å². The van der Waals surface area contributed by atoms with E-state index in [0.29, 0.717) is 6.42 Å². The van der Waals surface area contributed by atoms with Gasteiger partial charge in [0.1, 0.15) is 5.01 Å². The molecule has 3 N–H and O–H groups in total. The van der Waals surface area contributed by atoms with Gasteiger partial charge in [-0.25, -0.2) is 4.98 Å². The molecular formula is C16H21N3O5S. The first-order valence-electron chi connectivity index (χ1n) is 7.89. The predicted octanol–water partition coefficient (Wildman–Crippen LogP) is 2.24.